The van der Waals surface area contributed by atoms with Gasteiger partial charge in [0.25, 0.3) is 0 Å². The molecule has 0 fully saturated rings. The molecule has 4 aromatic heterocycles. The smallest absolute Gasteiger partial charge is 0.138 e. The van der Waals surface area contributed by atoms with Gasteiger partial charge < -0.3 is 0 Å². The molecule has 0 amide bonds. The van der Waals surface area contributed by atoms with E-state index in [1.807, 2.05) is 18.2 Å². The number of rotatable bonds is 2. The third-order valence-electron chi connectivity index (χ3n) is 6.14. The molecule has 0 N–H and O–H groups in total. The summed E-state index contributed by atoms with van der Waals surface area (Å²) in [6, 6.07) is 35.9. The molecule has 3 aromatic carbocycles. The van der Waals surface area contributed by atoms with Crippen molar-refractivity contribution in [3.8, 4) is 22.5 Å². The van der Waals surface area contributed by atoms with Crippen LogP contribution in [0, 0.1) is 0 Å². The fourth-order valence-corrected chi connectivity index (χ4v) is 4.70. The average Bonchev–Trinajstić information content (AvgIpc) is 3.39. The summed E-state index contributed by atoms with van der Waals surface area (Å²) in [6.07, 6.45) is 0. The van der Waals surface area contributed by atoms with Crippen molar-refractivity contribution in [2.45, 2.75) is 0 Å². The molecule has 0 saturated heterocycles. The fourth-order valence-electron chi connectivity index (χ4n) is 4.70. The SMILES string of the molecule is c1ccc(-c2nc3cccc4c5ccc(-c6ccc7ccccc7n6)cc5c2n34)cc1. The van der Waals surface area contributed by atoms with Crippen molar-refractivity contribution in [3.05, 3.63) is 103 Å². The van der Waals surface area contributed by atoms with Gasteiger partial charge in [-0.3, -0.25) is 4.40 Å². The molecular weight excluding hydrogens is 378 g/mol. The topological polar surface area (TPSA) is 30.2 Å². The van der Waals surface area contributed by atoms with Gasteiger partial charge in [-0.15, -0.1) is 0 Å². The molecule has 4 heterocycles. The Morgan fingerprint density at radius 1 is 0.581 bits per heavy atom. The van der Waals surface area contributed by atoms with Gasteiger partial charge in [0.05, 0.1) is 27.9 Å². The first kappa shape index (κ1) is 16.5. The lowest BCUT2D eigenvalue weighted by atomic mass is 10.0. The molecule has 31 heavy (non-hydrogen) atoms. The van der Waals surface area contributed by atoms with E-state index in [1.54, 1.807) is 0 Å². The first-order valence-electron chi connectivity index (χ1n) is 10.4. The summed E-state index contributed by atoms with van der Waals surface area (Å²) in [5.41, 5.74) is 8.61. The number of para-hydroxylation sites is 1. The summed E-state index contributed by atoms with van der Waals surface area (Å²) in [6.45, 7) is 0. The molecular formula is C28H17N3. The minimum atomic E-state index is 0.980. The Balaban J connectivity index is 1.55. The second kappa shape index (κ2) is 6.13. The number of nitrogens with zero attached hydrogens (tertiary/aromatic N) is 3. The third kappa shape index (κ3) is 2.34. The highest BCUT2D eigenvalue weighted by Gasteiger charge is 2.19. The van der Waals surface area contributed by atoms with E-state index in [9.17, 15) is 0 Å². The molecule has 0 atom stereocenters. The molecule has 0 unspecified atom stereocenters. The molecule has 144 valence electrons. The predicted octanol–water partition coefficient (Wildman–Crippen LogP) is 6.96. The van der Waals surface area contributed by atoms with Crippen molar-refractivity contribution in [1.82, 2.24) is 14.4 Å². The molecule has 0 aliphatic carbocycles. The maximum absolute atomic E-state index is 4.98. The molecule has 0 bridgehead atoms. The number of pyridine rings is 2. The second-order valence-electron chi connectivity index (χ2n) is 7.93. The predicted molar refractivity (Wildman–Crippen MR) is 128 cm³/mol. The van der Waals surface area contributed by atoms with Gasteiger partial charge in [-0.2, -0.15) is 0 Å². The molecule has 0 spiro atoms. The molecule has 7 rings (SSSR count). The quantitative estimate of drug-likeness (QED) is 0.317. The van der Waals surface area contributed by atoms with Gasteiger partial charge in [0, 0.05) is 27.3 Å². The summed E-state index contributed by atoms with van der Waals surface area (Å²) in [5, 5.41) is 3.61. The lowest BCUT2D eigenvalue weighted by Gasteiger charge is -2.04. The van der Waals surface area contributed by atoms with Crippen LogP contribution in [0.2, 0.25) is 0 Å². The lowest BCUT2D eigenvalue weighted by Crippen LogP contribution is -1.85. The number of fused-ring (bicyclic) bond motifs is 4. The summed E-state index contributed by atoms with van der Waals surface area (Å²) >= 11 is 0. The Kier molecular flexibility index (Phi) is 3.27. The van der Waals surface area contributed by atoms with E-state index in [4.69, 9.17) is 9.97 Å². The summed E-state index contributed by atoms with van der Waals surface area (Å²) < 4.78 is 2.28. The summed E-state index contributed by atoms with van der Waals surface area (Å²) in [5.74, 6) is 0. The van der Waals surface area contributed by atoms with Crippen molar-refractivity contribution in [3.63, 3.8) is 0 Å². The molecule has 7 aromatic rings. The van der Waals surface area contributed by atoms with E-state index in [2.05, 4.69) is 89.3 Å². The van der Waals surface area contributed by atoms with Crippen LogP contribution in [-0.2, 0) is 0 Å². The maximum Gasteiger partial charge on any atom is 0.138 e. The van der Waals surface area contributed by atoms with E-state index in [-0.39, 0.29) is 0 Å². The van der Waals surface area contributed by atoms with Gasteiger partial charge in [-0.1, -0.05) is 72.8 Å². The second-order valence-corrected chi connectivity index (χ2v) is 7.93. The number of imidazole rings is 1. The van der Waals surface area contributed by atoms with Crippen LogP contribution in [0.15, 0.2) is 103 Å². The monoisotopic (exact) mass is 395 g/mol. The van der Waals surface area contributed by atoms with Crippen LogP contribution in [0.5, 0.6) is 0 Å². The van der Waals surface area contributed by atoms with Crippen LogP contribution in [0.1, 0.15) is 0 Å². The van der Waals surface area contributed by atoms with Crippen LogP contribution >= 0.6 is 0 Å². The van der Waals surface area contributed by atoms with Crippen molar-refractivity contribution in [2.75, 3.05) is 0 Å². The van der Waals surface area contributed by atoms with E-state index in [1.165, 1.54) is 16.3 Å². The van der Waals surface area contributed by atoms with Crippen molar-refractivity contribution >= 4 is 38.4 Å². The van der Waals surface area contributed by atoms with Crippen LogP contribution < -0.4 is 0 Å². The van der Waals surface area contributed by atoms with E-state index < -0.39 is 0 Å². The van der Waals surface area contributed by atoms with Crippen LogP contribution in [0.4, 0.5) is 0 Å². The Morgan fingerprint density at radius 2 is 1.45 bits per heavy atom. The zero-order valence-corrected chi connectivity index (χ0v) is 16.7. The largest absolute Gasteiger partial charge is 0.292 e. The fraction of sp³-hybridized carbons (Fsp3) is 0. The number of hydrogen-bond donors (Lipinski definition) is 0. The first-order valence-corrected chi connectivity index (χ1v) is 10.4. The number of benzene rings is 3. The molecule has 0 saturated carbocycles. The van der Waals surface area contributed by atoms with Gasteiger partial charge >= 0.3 is 0 Å². The van der Waals surface area contributed by atoms with Crippen molar-refractivity contribution < 1.29 is 0 Å². The lowest BCUT2D eigenvalue weighted by molar-refractivity contribution is 1.31. The van der Waals surface area contributed by atoms with Crippen molar-refractivity contribution in [1.29, 1.82) is 0 Å². The van der Waals surface area contributed by atoms with Crippen molar-refractivity contribution in [2.24, 2.45) is 0 Å². The van der Waals surface area contributed by atoms with E-state index in [0.29, 0.717) is 0 Å². The maximum atomic E-state index is 4.98. The average molecular weight is 395 g/mol. The minimum Gasteiger partial charge on any atom is -0.292 e. The highest BCUT2D eigenvalue weighted by molar-refractivity contribution is 6.14. The first-order chi connectivity index (χ1) is 15.4. The zero-order chi connectivity index (χ0) is 20.4. The molecule has 0 aliphatic heterocycles. The Hall–Kier alpha value is -4.24. The van der Waals surface area contributed by atoms with Gasteiger partial charge in [-0.25, -0.2) is 9.97 Å². The summed E-state index contributed by atoms with van der Waals surface area (Å²) in [7, 11) is 0. The third-order valence-corrected chi connectivity index (χ3v) is 6.14. The van der Waals surface area contributed by atoms with E-state index in [0.717, 1.165) is 44.6 Å². The Labute approximate surface area is 178 Å². The van der Waals surface area contributed by atoms with E-state index >= 15 is 0 Å². The molecule has 0 radical (unpaired) electrons. The number of aromatic nitrogens is 3. The normalized spacial score (nSPS) is 11.9. The highest BCUT2D eigenvalue weighted by atomic mass is 15.0. The van der Waals surface area contributed by atoms with Gasteiger partial charge in [0.15, 0.2) is 0 Å². The zero-order valence-electron chi connectivity index (χ0n) is 16.7. The van der Waals surface area contributed by atoms with Crippen LogP contribution in [0.25, 0.3) is 60.9 Å². The van der Waals surface area contributed by atoms with Gasteiger partial charge in [-0.05, 0) is 30.3 Å². The van der Waals surface area contributed by atoms with Gasteiger partial charge in [0.2, 0.25) is 0 Å². The molecule has 0 aliphatic rings. The Bertz CT molecular complexity index is 1730. The van der Waals surface area contributed by atoms with Crippen LogP contribution in [-0.4, -0.2) is 14.4 Å². The van der Waals surface area contributed by atoms with Gasteiger partial charge in [0.1, 0.15) is 5.65 Å². The summed E-state index contributed by atoms with van der Waals surface area (Å²) in [4.78, 5) is 9.90. The standard InChI is InChI=1S/C28H17N3/c1-2-8-19(9-3-1)27-28-22-17-20(24-16-14-18-7-4-5-10-23(18)29-24)13-15-21(22)25-11-6-12-26(30-27)31(25)28/h1-17H. The van der Waals surface area contributed by atoms with Crippen LogP contribution in [0.3, 0.4) is 0 Å². The number of hydrogen-bond acceptors (Lipinski definition) is 2. The highest BCUT2D eigenvalue weighted by Crippen LogP contribution is 2.38. The molecule has 3 nitrogen and oxygen atoms in total. The Morgan fingerprint density at radius 3 is 2.39 bits per heavy atom. The molecule has 3 heteroatoms. The minimum absolute atomic E-state index is 0.980.